The first-order valence-corrected chi connectivity index (χ1v) is 9.08. The van der Waals surface area contributed by atoms with Crippen molar-refractivity contribution >= 4 is 5.69 Å². The summed E-state index contributed by atoms with van der Waals surface area (Å²) in [5.74, 6) is 0.889. The van der Waals surface area contributed by atoms with E-state index >= 15 is 0 Å². The number of piperazine rings is 1. The van der Waals surface area contributed by atoms with E-state index in [1.165, 1.54) is 11.3 Å². The monoisotopic (exact) mass is 340 g/mol. The fourth-order valence-corrected chi connectivity index (χ4v) is 3.31. The number of aliphatic hydroxyl groups excluding tert-OH is 1. The third-order valence-corrected chi connectivity index (χ3v) is 5.01. The van der Waals surface area contributed by atoms with E-state index < -0.39 is 6.10 Å². The van der Waals surface area contributed by atoms with Gasteiger partial charge < -0.3 is 14.7 Å². The number of aryl methyl sites for hydroxylation is 1. The lowest BCUT2D eigenvalue weighted by molar-refractivity contribution is 0.109. The largest absolute Gasteiger partial charge is 0.497 e. The van der Waals surface area contributed by atoms with E-state index in [0.29, 0.717) is 6.54 Å². The number of benzene rings is 2. The van der Waals surface area contributed by atoms with E-state index in [1.807, 2.05) is 12.1 Å². The molecule has 0 saturated carbocycles. The van der Waals surface area contributed by atoms with Crippen LogP contribution in [0.2, 0.25) is 0 Å². The fraction of sp³-hybridized carbons (Fsp3) is 0.429. The predicted octanol–water partition coefficient (Wildman–Crippen LogP) is 3.11. The number of aliphatic hydroxyl groups is 1. The molecule has 2 aromatic rings. The maximum absolute atomic E-state index is 10.5. The Morgan fingerprint density at radius 3 is 2.16 bits per heavy atom. The van der Waals surface area contributed by atoms with Gasteiger partial charge in [-0.2, -0.15) is 0 Å². The molecule has 1 heterocycles. The highest BCUT2D eigenvalue weighted by molar-refractivity contribution is 5.49. The average molecular weight is 340 g/mol. The minimum Gasteiger partial charge on any atom is -0.497 e. The summed E-state index contributed by atoms with van der Waals surface area (Å²) < 4.78 is 5.22. The van der Waals surface area contributed by atoms with E-state index in [-0.39, 0.29) is 0 Å². The number of rotatable bonds is 6. The zero-order chi connectivity index (χ0) is 17.6. The van der Waals surface area contributed by atoms with Crippen molar-refractivity contribution in [2.45, 2.75) is 19.4 Å². The van der Waals surface area contributed by atoms with Crippen molar-refractivity contribution in [1.82, 2.24) is 4.90 Å². The van der Waals surface area contributed by atoms with Crippen LogP contribution in [-0.4, -0.2) is 49.8 Å². The maximum atomic E-state index is 10.5. The molecule has 1 N–H and O–H groups in total. The molecule has 1 saturated heterocycles. The van der Waals surface area contributed by atoms with Gasteiger partial charge >= 0.3 is 0 Å². The van der Waals surface area contributed by atoms with Crippen LogP contribution in [-0.2, 0) is 6.42 Å². The molecule has 1 aliphatic heterocycles. The van der Waals surface area contributed by atoms with Gasteiger partial charge in [0, 0.05) is 38.4 Å². The van der Waals surface area contributed by atoms with E-state index in [2.05, 4.69) is 53.1 Å². The van der Waals surface area contributed by atoms with Crippen molar-refractivity contribution < 1.29 is 9.84 Å². The molecule has 1 fully saturated rings. The molecule has 1 aliphatic rings. The van der Waals surface area contributed by atoms with Crippen LogP contribution in [0.25, 0.3) is 0 Å². The normalized spacial score (nSPS) is 16.7. The van der Waals surface area contributed by atoms with Gasteiger partial charge in [0.15, 0.2) is 0 Å². The average Bonchev–Trinajstić information content (AvgIpc) is 2.68. The molecule has 2 aromatic carbocycles. The number of hydrogen-bond acceptors (Lipinski definition) is 4. The maximum Gasteiger partial charge on any atom is 0.119 e. The molecule has 25 heavy (non-hydrogen) atoms. The second kappa shape index (κ2) is 8.37. The Kier molecular flexibility index (Phi) is 5.95. The first kappa shape index (κ1) is 17.8. The van der Waals surface area contributed by atoms with Crippen LogP contribution in [0.5, 0.6) is 5.75 Å². The van der Waals surface area contributed by atoms with Gasteiger partial charge in [0.1, 0.15) is 5.75 Å². The van der Waals surface area contributed by atoms with Crippen LogP contribution in [0.1, 0.15) is 24.2 Å². The van der Waals surface area contributed by atoms with Crippen LogP contribution in [0.4, 0.5) is 5.69 Å². The van der Waals surface area contributed by atoms with Crippen LogP contribution >= 0.6 is 0 Å². The Balaban J connectivity index is 1.51. The second-order valence-electron chi connectivity index (χ2n) is 6.60. The first-order valence-electron chi connectivity index (χ1n) is 9.08. The van der Waals surface area contributed by atoms with Crippen molar-refractivity contribution in [1.29, 1.82) is 0 Å². The van der Waals surface area contributed by atoms with E-state index in [9.17, 15) is 5.11 Å². The molecule has 4 heteroatoms. The molecule has 0 aliphatic carbocycles. The van der Waals surface area contributed by atoms with Crippen LogP contribution in [0, 0.1) is 0 Å². The molecule has 0 bridgehead atoms. The lowest BCUT2D eigenvalue weighted by Crippen LogP contribution is -2.47. The molecule has 1 atom stereocenters. The number of nitrogens with zero attached hydrogens (tertiary/aromatic N) is 2. The summed E-state index contributed by atoms with van der Waals surface area (Å²) in [7, 11) is 1.69. The smallest absolute Gasteiger partial charge is 0.119 e. The van der Waals surface area contributed by atoms with Crippen molar-refractivity contribution in [2.75, 3.05) is 44.7 Å². The van der Waals surface area contributed by atoms with E-state index in [0.717, 1.165) is 43.9 Å². The Morgan fingerprint density at radius 1 is 0.960 bits per heavy atom. The summed E-state index contributed by atoms with van der Waals surface area (Å²) in [5, 5.41) is 10.5. The standard InChI is InChI=1S/C21H28N2O2/c1-3-17-4-6-18(7-5-17)21(24)16-22-12-14-23(15-13-22)19-8-10-20(25-2)11-9-19/h4-11,21,24H,3,12-16H2,1-2H3/t21-/m1/s1. The van der Waals surface area contributed by atoms with Gasteiger partial charge in [-0.15, -0.1) is 0 Å². The van der Waals surface area contributed by atoms with Crippen molar-refractivity contribution in [3.8, 4) is 5.75 Å². The second-order valence-corrected chi connectivity index (χ2v) is 6.60. The summed E-state index contributed by atoms with van der Waals surface area (Å²) in [6.07, 6.45) is 0.613. The highest BCUT2D eigenvalue weighted by Gasteiger charge is 2.20. The van der Waals surface area contributed by atoms with Gasteiger partial charge in [-0.1, -0.05) is 31.2 Å². The molecule has 0 spiro atoms. The number of hydrogen-bond donors (Lipinski definition) is 1. The Labute approximate surface area is 150 Å². The van der Waals surface area contributed by atoms with Crippen LogP contribution < -0.4 is 9.64 Å². The first-order chi connectivity index (χ1) is 12.2. The molecule has 0 aromatic heterocycles. The summed E-state index contributed by atoms with van der Waals surface area (Å²) in [5.41, 5.74) is 3.55. The summed E-state index contributed by atoms with van der Waals surface area (Å²) in [4.78, 5) is 4.73. The third kappa shape index (κ3) is 4.53. The van der Waals surface area contributed by atoms with Gasteiger partial charge in [-0.3, -0.25) is 4.90 Å². The van der Waals surface area contributed by atoms with Crippen LogP contribution in [0.3, 0.4) is 0 Å². The van der Waals surface area contributed by atoms with Gasteiger partial charge in [0.05, 0.1) is 13.2 Å². The van der Waals surface area contributed by atoms with Gasteiger partial charge in [0.2, 0.25) is 0 Å². The molecule has 0 radical (unpaired) electrons. The number of methoxy groups -OCH3 is 1. The molecular formula is C21H28N2O2. The Hall–Kier alpha value is -2.04. The van der Waals surface area contributed by atoms with E-state index in [4.69, 9.17) is 4.74 Å². The molecule has 0 unspecified atom stereocenters. The fourth-order valence-electron chi connectivity index (χ4n) is 3.31. The van der Waals surface area contributed by atoms with Crippen LogP contribution in [0.15, 0.2) is 48.5 Å². The van der Waals surface area contributed by atoms with Gasteiger partial charge in [-0.25, -0.2) is 0 Å². The Bertz CT molecular complexity index is 647. The quantitative estimate of drug-likeness (QED) is 0.876. The topological polar surface area (TPSA) is 35.9 Å². The zero-order valence-corrected chi connectivity index (χ0v) is 15.2. The highest BCUT2D eigenvalue weighted by Crippen LogP contribution is 2.22. The highest BCUT2D eigenvalue weighted by atomic mass is 16.5. The molecule has 134 valence electrons. The summed E-state index contributed by atoms with van der Waals surface area (Å²) in [6, 6.07) is 16.6. The van der Waals surface area contributed by atoms with Crippen molar-refractivity contribution in [3.63, 3.8) is 0 Å². The van der Waals surface area contributed by atoms with Gasteiger partial charge in [0.25, 0.3) is 0 Å². The predicted molar refractivity (Wildman–Crippen MR) is 102 cm³/mol. The minimum absolute atomic E-state index is 0.418. The number of β-amino-alcohol motifs (C(OH)–C–C–N with tert-alkyl or cyclic N) is 1. The molecule has 3 rings (SSSR count). The number of ether oxygens (including phenoxy) is 1. The van der Waals surface area contributed by atoms with E-state index in [1.54, 1.807) is 7.11 Å². The lowest BCUT2D eigenvalue weighted by Gasteiger charge is -2.37. The molecular weight excluding hydrogens is 312 g/mol. The van der Waals surface area contributed by atoms with Crippen molar-refractivity contribution in [3.05, 3.63) is 59.7 Å². The molecule has 0 amide bonds. The van der Waals surface area contributed by atoms with Gasteiger partial charge in [-0.05, 0) is 41.8 Å². The Morgan fingerprint density at radius 2 is 1.60 bits per heavy atom. The summed E-state index contributed by atoms with van der Waals surface area (Å²) >= 11 is 0. The van der Waals surface area contributed by atoms with Crippen molar-refractivity contribution in [2.24, 2.45) is 0 Å². The minimum atomic E-state index is -0.418. The molecule has 4 nitrogen and oxygen atoms in total. The third-order valence-electron chi connectivity index (χ3n) is 5.01. The number of anilines is 1. The summed E-state index contributed by atoms with van der Waals surface area (Å²) in [6.45, 7) is 6.74. The SMILES string of the molecule is CCc1ccc([C@H](O)CN2CCN(c3ccc(OC)cc3)CC2)cc1. The zero-order valence-electron chi connectivity index (χ0n) is 15.2. The lowest BCUT2D eigenvalue weighted by atomic mass is 10.1.